The molecule has 2 amide bonds. The molecule has 2 rings (SSSR count). The van der Waals surface area contributed by atoms with Gasteiger partial charge >= 0.3 is 0 Å². The third-order valence-electron chi connectivity index (χ3n) is 3.43. The van der Waals surface area contributed by atoms with Crippen LogP contribution in [0.4, 0.5) is 15.8 Å². The Morgan fingerprint density at radius 1 is 1.21 bits per heavy atom. The van der Waals surface area contributed by atoms with E-state index in [-0.39, 0.29) is 12.5 Å². The first-order chi connectivity index (χ1) is 11.4. The Hall–Kier alpha value is -2.89. The SMILES string of the molecule is COc1ccc(C)cc1NC(=O)CN(C(C)=O)c1cccc(F)c1. The highest BCUT2D eigenvalue weighted by atomic mass is 19.1. The van der Waals surface area contributed by atoms with Crippen LogP contribution in [0, 0.1) is 12.7 Å². The van der Waals surface area contributed by atoms with Crippen molar-refractivity contribution in [1.82, 2.24) is 0 Å². The lowest BCUT2D eigenvalue weighted by Crippen LogP contribution is -2.36. The number of rotatable bonds is 5. The van der Waals surface area contributed by atoms with Gasteiger partial charge in [-0.3, -0.25) is 9.59 Å². The van der Waals surface area contributed by atoms with Gasteiger partial charge in [-0.25, -0.2) is 4.39 Å². The molecule has 0 saturated carbocycles. The third-order valence-corrected chi connectivity index (χ3v) is 3.43. The molecule has 0 saturated heterocycles. The maximum atomic E-state index is 13.4. The van der Waals surface area contributed by atoms with Crippen LogP contribution in [0.5, 0.6) is 5.75 Å². The molecule has 0 heterocycles. The van der Waals surface area contributed by atoms with Crippen LogP contribution in [0.15, 0.2) is 42.5 Å². The first-order valence-corrected chi connectivity index (χ1v) is 7.39. The van der Waals surface area contributed by atoms with Crippen molar-refractivity contribution < 1.29 is 18.7 Å². The number of anilines is 2. The number of carbonyl (C=O) groups excluding carboxylic acids is 2. The average molecular weight is 330 g/mol. The second-order valence-corrected chi connectivity index (χ2v) is 5.34. The van der Waals surface area contributed by atoms with Crippen molar-refractivity contribution in [2.75, 3.05) is 23.9 Å². The number of hydrogen-bond acceptors (Lipinski definition) is 3. The predicted octanol–water partition coefficient (Wildman–Crippen LogP) is 3.13. The van der Waals surface area contributed by atoms with Gasteiger partial charge in [-0.1, -0.05) is 12.1 Å². The van der Waals surface area contributed by atoms with Crippen LogP contribution >= 0.6 is 0 Å². The molecular formula is C18H19FN2O3. The molecule has 0 aromatic heterocycles. The van der Waals surface area contributed by atoms with Gasteiger partial charge in [-0.05, 0) is 42.8 Å². The Balaban J connectivity index is 2.17. The number of halogens is 1. The fourth-order valence-electron chi connectivity index (χ4n) is 2.28. The van der Waals surface area contributed by atoms with E-state index in [1.165, 1.54) is 37.1 Å². The fourth-order valence-corrected chi connectivity index (χ4v) is 2.28. The Morgan fingerprint density at radius 2 is 1.96 bits per heavy atom. The Morgan fingerprint density at radius 3 is 2.58 bits per heavy atom. The molecule has 0 spiro atoms. The first kappa shape index (κ1) is 17.5. The van der Waals surface area contributed by atoms with Crippen LogP contribution in [0.3, 0.4) is 0 Å². The minimum atomic E-state index is -0.473. The van der Waals surface area contributed by atoms with Gasteiger partial charge in [0, 0.05) is 12.6 Å². The number of amides is 2. The summed E-state index contributed by atoms with van der Waals surface area (Å²) in [6, 6.07) is 10.9. The van der Waals surface area contributed by atoms with Gasteiger partial charge in [-0.15, -0.1) is 0 Å². The van der Waals surface area contributed by atoms with E-state index >= 15 is 0 Å². The molecule has 0 unspecified atom stereocenters. The van der Waals surface area contributed by atoms with E-state index < -0.39 is 11.7 Å². The molecule has 0 aliphatic rings. The summed E-state index contributed by atoms with van der Waals surface area (Å²) in [6.45, 7) is 2.99. The highest BCUT2D eigenvalue weighted by molar-refractivity contribution is 6.02. The molecule has 0 atom stereocenters. The van der Waals surface area contributed by atoms with E-state index in [2.05, 4.69) is 5.32 Å². The number of hydrogen-bond donors (Lipinski definition) is 1. The molecule has 0 aliphatic carbocycles. The minimum Gasteiger partial charge on any atom is -0.495 e. The number of aryl methyl sites for hydroxylation is 1. The van der Waals surface area contributed by atoms with E-state index in [0.717, 1.165) is 5.56 Å². The van der Waals surface area contributed by atoms with Crippen LogP contribution in [-0.2, 0) is 9.59 Å². The number of nitrogens with zero attached hydrogens (tertiary/aromatic N) is 1. The molecule has 1 N–H and O–H groups in total. The minimum absolute atomic E-state index is 0.226. The number of ether oxygens (including phenoxy) is 1. The Labute approximate surface area is 140 Å². The van der Waals surface area contributed by atoms with Crippen molar-refractivity contribution in [3.05, 3.63) is 53.8 Å². The quantitative estimate of drug-likeness (QED) is 0.916. The Kier molecular flexibility index (Phi) is 5.52. The predicted molar refractivity (Wildman–Crippen MR) is 90.8 cm³/mol. The zero-order valence-corrected chi connectivity index (χ0v) is 13.8. The van der Waals surface area contributed by atoms with Gasteiger partial charge in [0.1, 0.15) is 18.1 Å². The highest BCUT2D eigenvalue weighted by Gasteiger charge is 2.17. The molecule has 2 aromatic rings. The lowest BCUT2D eigenvalue weighted by molar-refractivity contribution is -0.120. The van der Waals surface area contributed by atoms with Gasteiger partial charge < -0.3 is 15.0 Å². The smallest absolute Gasteiger partial charge is 0.244 e. The number of carbonyl (C=O) groups is 2. The molecule has 0 bridgehead atoms. The molecule has 24 heavy (non-hydrogen) atoms. The summed E-state index contributed by atoms with van der Waals surface area (Å²) in [6.07, 6.45) is 0. The summed E-state index contributed by atoms with van der Waals surface area (Å²) in [5, 5.41) is 2.72. The lowest BCUT2D eigenvalue weighted by Gasteiger charge is -2.21. The first-order valence-electron chi connectivity index (χ1n) is 7.39. The van der Waals surface area contributed by atoms with Gasteiger partial charge in [0.15, 0.2) is 0 Å². The van der Waals surface area contributed by atoms with Crippen molar-refractivity contribution in [1.29, 1.82) is 0 Å². The van der Waals surface area contributed by atoms with Crippen LogP contribution in [-0.4, -0.2) is 25.5 Å². The van der Waals surface area contributed by atoms with Crippen molar-refractivity contribution in [3.63, 3.8) is 0 Å². The molecule has 6 heteroatoms. The third kappa shape index (κ3) is 4.32. The van der Waals surface area contributed by atoms with Gasteiger partial charge in [0.05, 0.1) is 12.8 Å². The molecule has 0 fully saturated rings. The van der Waals surface area contributed by atoms with Crippen LogP contribution in [0.25, 0.3) is 0 Å². The van der Waals surface area contributed by atoms with Crippen LogP contribution in [0.1, 0.15) is 12.5 Å². The summed E-state index contributed by atoms with van der Waals surface area (Å²) in [5.74, 6) is -0.709. The van der Waals surface area contributed by atoms with E-state index in [1.807, 2.05) is 13.0 Å². The number of benzene rings is 2. The molecule has 0 aliphatic heterocycles. The van der Waals surface area contributed by atoms with Gasteiger partial charge in [0.25, 0.3) is 0 Å². The molecular weight excluding hydrogens is 311 g/mol. The van der Waals surface area contributed by atoms with Crippen LogP contribution in [0.2, 0.25) is 0 Å². The zero-order chi connectivity index (χ0) is 17.7. The van der Waals surface area contributed by atoms with Crippen molar-refractivity contribution in [2.45, 2.75) is 13.8 Å². The summed E-state index contributed by atoms with van der Waals surface area (Å²) in [4.78, 5) is 25.3. The van der Waals surface area contributed by atoms with Crippen LogP contribution < -0.4 is 15.0 Å². The van der Waals surface area contributed by atoms with Gasteiger partial charge in [-0.2, -0.15) is 0 Å². The highest BCUT2D eigenvalue weighted by Crippen LogP contribution is 2.25. The average Bonchev–Trinajstić information content (AvgIpc) is 2.52. The second-order valence-electron chi connectivity index (χ2n) is 5.34. The fraction of sp³-hybridized carbons (Fsp3) is 0.222. The largest absolute Gasteiger partial charge is 0.495 e. The second kappa shape index (κ2) is 7.59. The molecule has 126 valence electrons. The van der Waals surface area contributed by atoms with Crippen molar-refractivity contribution in [3.8, 4) is 5.75 Å². The standard InChI is InChI=1S/C18H19FN2O3/c1-12-7-8-17(24-3)16(9-12)20-18(23)11-21(13(2)22)15-6-4-5-14(19)10-15/h4-10H,11H2,1-3H3,(H,20,23). The summed E-state index contributed by atoms with van der Waals surface area (Å²) < 4.78 is 18.6. The number of methoxy groups -OCH3 is 1. The topological polar surface area (TPSA) is 58.6 Å². The maximum absolute atomic E-state index is 13.4. The zero-order valence-electron chi connectivity index (χ0n) is 13.8. The van der Waals surface area contributed by atoms with Crippen molar-refractivity contribution in [2.24, 2.45) is 0 Å². The summed E-state index contributed by atoms with van der Waals surface area (Å²) in [5.41, 5.74) is 1.80. The summed E-state index contributed by atoms with van der Waals surface area (Å²) in [7, 11) is 1.51. The summed E-state index contributed by atoms with van der Waals surface area (Å²) >= 11 is 0. The monoisotopic (exact) mass is 330 g/mol. The van der Waals surface area contributed by atoms with E-state index in [1.54, 1.807) is 18.2 Å². The molecule has 2 aromatic carbocycles. The lowest BCUT2D eigenvalue weighted by atomic mass is 10.2. The van der Waals surface area contributed by atoms with E-state index in [0.29, 0.717) is 17.1 Å². The van der Waals surface area contributed by atoms with E-state index in [9.17, 15) is 14.0 Å². The molecule has 5 nitrogen and oxygen atoms in total. The van der Waals surface area contributed by atoms with E-state index in [4.69, 9.17) is 4.74 Å². The van der Waals surface area contributed by atoms with Crippen molar-refractivity contribution >= 4 is 23.2 Å². The maximum Gasteiger partial charge on any atom is 0.244 e. The Bertz CT molecular complexity index is 762. The number of nitrogens with one attached hydrogen (secondary N) is 1. The normalized spacial score (nSPS) is 10.2. The molecule has 0 radical (unpaired) electrons. The van der Waals surface area contributed by atoms with Gasteiger partial charge in [0.2, 0.25) is 11.8 Å².